The molecule has 3 nitrogen and oxygen atoms in total. The average molecular weight is 320 g/mol. The molecule has 3 heteroatoms. The first-order valence-corrected chi connectivity index (χ1v) is 8.60. The molecule has 0 radical (unpaired) electrons. The van der Waals surface area contributed by atoms with Crippen molar-refractivity contribution < 1.29 is 14.6 Å². The number of carbonyl (C=O) groups is 1. The molecule has 0 amide bonds. The van der Waals surface area contributed by atoms with E-state index < -0.39 is 5.97 Å². The molecule has 23 heavy (non-hydrogen) atoms. The summed E-state index contributed by atoms with van der Waals surface area (Å²) in [4.78, 5) is 10.3. The summed E-state index contributed by atoms with van der Waals surface area (Å²) in [5, 5.41) is 8.50. The van der Waals surface area contributed by atoms with Crippen molar-refractivity contribution in [3.63, 3.8) is 0 Å². The second-order valence-corrected chi connectivity index (χ2v) is 5.43. The highest BCUT2D eigenvalue weighted by Gasteiger charge is 1.94. The maximum atomic E-state index is 10.3. The topological polar surface area (TPSA) is 46.5 Å². The molecule has 0 rings (SSSR count). The van der Waals surface area contributed by atoms with Gasteiger partial charge in [-0.2, -0.15) is 0 Å². The Labute approximate surface area is 141 Å². The van der Waals surface area contributed by atoms with Gasteiger partial charge in [0.05, 0.1) is 12.7 Å². The van der Waals surface area contributed by atoms with Gasteiger partial charge in [0.25, 0.3) is 0 Å². The van der Waals surface area contributed by atoms with E-state index in [9.17, 15) is 4.79 Å². The lowest BCUT2D eigenvalue weighted by Gasteiger charge is -2.06. The van der Waals surface area contributed by atoms with Gasteiger partial charge >= 0.3 is 5.97 Å². The van der Waals surface area contributed by atoms with Crippen LogP contribution < -0.4 is 0 Å². The van der Waals surface area contributed by atoms with Gasteiger partial charge in [-0.05, 0) is 45.4 Å². The van der Waals surface area contributed by atoms with Crippen LogP contribution in [0.25, 0.3) is 0 Å². The first-order valence-electron chi connectivity index (χ1n) is 8.60. The average Bonchev–Trinajstić information content (AvgIpc) is 2.53. The molecule has 0 aromatic rings. The van der Waals surface area contributed by atoms with E-state index in [1.54, 1.807) is 0 Å². The normalized spacial score (nSPS) is 13.8. The Kier molecular flexibility index (Phi) is 15.6. The van der Waals surface area contributed by atoms with E-state index in [1.807, 2.05) is 0 Å². The van der Waals surface area contributed by atoms with Crippen molar-refractivity contribution in [1.29, 1.82) is 0 Å². The molecular formula is C20H32O3. The summed E-state index contributed by atoms with van der Waals surface area (Å²) < 4.78 is 5.55. The molecule has 0 saturated heterocycles. The zero-order chi connectivity index (χ0) is 17.2. The van der Waals surface area contributed by atoms with E-state index in [-0.39, 0.29) is 6.42 Å². The minimum absolute atomic E-state index is 0.253. The smallest absolute Gasteiger partial charge is 0.303 e. The Morgan fingerprint density at radius 3 is 2.00 bits per heavy atom. The van der Waals surface area contributed by atoms with Crippen molar-refractivity contribution in [2.75, 3.05) is 6.61 Å². The van der Waals surface area contributed by atoms with Crippen molar-refractivity contribution in [1.82, 2.24) is 0 Å². The van der Waals surface area contributed by atoms with Gasteiger partial charge in [0.1, 0.15) is 0 Å². The van der Waals surface area contributed by atoms with E-state index in [0.717, 1.165) is 32.1 Å². The molecule has 0 saturated carbocycles. The summed E-state index contributed by atoms with van der Waals surface area (Å²) in [5.74, 6) is -0.719. The number of ether oxygens (including phenoxy) is 1. The van der Waals surface area contributed by atoms with Gasteiger partial charge in [0, 0.05) is 6.42 Å². The van der Waals surface area contributed by atoms with E-state index in [1.165, 1.54) is 0 Å². The quantitative estimate of drug-likeness (QED) is 0.342. The predicted molar refractivity (Wildman–Crippen MR) is 97.6 cm³/mol. The third kappa shape index (κ3) is 18.3. The summed E-state index contributed by atoms with van der Waals surface area (Å²) in [5.41, 5.74) is 0. The van der Waals surface area contributed by atoms with Gasteiger partial charge in [-0.25, -0.2) is 0 Å². The molecule has 0 bridgehead atoms. The molecule has 0 heterocycles. The Morgan fingerprint density at radius 2 is 1.48 bits per heavy atom. The lowest BCUT2D eigenvalue weighted by atomic mass is 10.2. The fourth-order valence-electron chi connectivity index (χ4n) is 1.71. The monoisotopic (exact) mass is 320 g/mol. The molecule has 0 aromatic carbocycles. The van der Waals surface area contributed by atoms with Gasteiger partial charge in [-0.15, -0.1) is 0 Å². The van der Waals surface area contributed by atoms with Crippen LogP contribution in [0.15, 0.2) is 48.6 Å². The standard InChI is InChI=1S/C20H32O3/c1-3-19(2)23-18-16-14-12-10-8-6-4-5-7-9-11-13-15-17-20(21)22/h4-5,8-11,14,16,19H,3,6-7,12-13,15,17-18H2,1-2H3,(H,21,22)/b5-4-,10-8-,11-9-,16-14-. The zero-order valence-electron chi connectivity index (χ0n) is 14.6. The summed E-state index contributed by atoms with van der Waals surface area (Å²) in [6.45, 7) is 4.91. The summed E-state index contributed by atoms with van der Waals surface area (Å²) >= 11 is 0. The number of unbranched alkanes of at least 4 members (excludes halogenated alkanes) is 1. The number of carboxylic acids is 1. The second-order valence-electron chi connectivity index (χ2n) is 5.43. The molecule has 1 atom stereocenters. The maximum absolute atomic E-state index is 10.3. The first-order chi connectivity index (χ1) is 11.2. The van der Waals surface area contributed by atoms with Gasteiger partial charge in [-0.3, -0.25) is 4.79 Å². The van der Waals surface area contributed by atoms with Gasteiger partial charge in [-0.1, -0.05) is 55.5 Å². The highest BCUT2D eigenvalue weighted by molar-refractivity contribution is 5.66. The number of allylic oxidation sites excluding steroid dienone is 7. The van der Waals surface area contributed by atoms with E-state index in [4.69, 9.17) is 9.84 Å². The molecule has 0 aliphatic carbocycles. The third-order valence-electron chi connectivity index (χ3n) is 3.30. The van der Waals surface area contributed by atoms with Gasteiger partial charge in [0.15, 0.2) is 0 Å². The number of rotatable bonds is 14. The van der Waals surface area contributed by atoms with Crippen LogP contribution in [0, 0.1) is 0 Å². The molecule has 1 N–H and O–H groups in total. The van der Waals surface area contributed by atoms with Crippen molar-refractivity contribution in [3.8, 4) is 0 Å². The van der Waals surface area contributed by atoms with Crippen LogP contribution in [-0.2, 0) is 9.53 Å². The summed E-state index contributed by atoms with van der Waals surface area (Å²) in [6, 6.07) is 0. The Morgan fingerprint density at radius 1 is 0.957 bits per heavy atom. The van der Waals surface area contributed by atoms with Crippen LogP contribution in [0.5, 0.6) is 0 Å². The number of aliphatic carboxylic acids is 1. The molecule has 1 unspecified atom stereocenters. The summed E-state index contributed by atoms with van der Waals surface area (Å²) in [7, 11) is 0. The fraction of sp³-hybridized carbons (Fsp3) is 0.550. The Bertz CT molecular complexity index is 392. The van der Waals surface area contributed by atoms with Gasteiger partial charge < -0.3 is 9.84 Å². The lowest BCUT2D eigenvalue weighted by molar-refractivity contribution is -0.137. The van der Waals surface area contributed by atoms with E-state index in [0.29, 0.717) is 19.1 Å². The molecule has 0 aromatic heterocycles. The van der Waals surface area contributed by atoms with Crippen LogP contribution >= 0.6 is 0 Å². The van der Waals surface area contributed by atoms with Crippen molar-refractivity contribution in [2.45, 2.75) is 64.9 Å². The minimum atomic E-state index is -0.719. The zero-order valence-corrected chi connectivity index (χ0v) is 14.6. The highest BCUT2D eigenvalue weighted by atomic mass is 16.5. The lowest BCUT2D eigenvalue weighted by Crippen LogP contribution is -2.05. The molecule has 0 spiro atoms. The fourth-order valence-corrected chi connectivity index (χ4v) is 1.71. The number of hydrogen-bond donors (Lipinski definition) is 1. The molecule has 130 valence electrons. The summed E-state index contributed by atoms with van der Waals surface area (Å²) in [6.07, 6.45) is 22.9. The number of carboxylic acid groups (broad SMARTS) is 1. The molecule has 0 fully saturated rings. The molecular weight excluding hydrogens is 288 g/mol. The van der Waals surface area contributed by atoms with Crippen LogP contribution in [0.2, 0.25) is 0 Å². The van der Waals surface area contributed by atoms with E-state index >= 15 is 0 Å². The van der Waals surface area contributed by atoms with Gasteiger partial charge in [0.2, 0.25) is 0 Å². The number of hydrogen-bond acceptors (Lipinski definition) is 2. The van der Waals surface area contributed by atoms with E-state index in [2.05, 4.69) is 62.5 Å². The van der Waals surface area contributed by atoms with Crippen molar-refractivity contribution >= 4 is 5.97 Å². The highest BCUT2D eigenvalue weighted by Crippen LogP contribution is 1.99. The van der Waals surface area contributed by atoms with Crippen molar-refractivity contribution in [3.05, 3.63) is 48.6 Å². The van der Waals surface area contributed by atoms with Crippen LogP contribution in [0.4, 0.5) is 0 Å². The minimum Gasteiger partial charge on any atom is -0.481 e. The second kappa shape index (κ2) is 16.8. The Balaban J connectivity index is 3.46. The molecule has 0 aliphatic heterocycles. The first kappa shape index (κ1) is 21.4. The third-order valence-corrected chi connectivity index (χ3v) is 3.30. The maximum Gasteiger partial charge on any atom is 0.303 e. The van der Waals surface area contributed by atoms with Crippen molar-refractivity contribution in [2.24, 2.45) is 0 Å². The Hall–Kier alpha value is -1.61. The SMILES string of the molecule is CCC(C)OC/C=C\C/C=C\C/C=C\C/C=C\CCCC(=O)O. The largest absolute Gasteiger partial charge is 0.481 e. The predicted octanol–water partition coefficient (Wildman–Crippen LogP) is 5.45. The molecule has 0 aliphatic rings. The van der Waals surface area contributed by atoms with Crippen LogP contribution in [0.3, 0.4) is 0 Å². The van der Waals surface area contributed by atoms with Crippen LogP contribution in [0.1, 0.15) is 58.8 Å². The van der Waals surface area contributed by atoms with Crippen LogP contribution in [-0.4, -0.2) is 23.8 Å².